The van der Waals surface area contributed by atoms with E-state index in [2.05, 4.69) is 5.32 Å². The van der Waals surface area contributed by atoms with E-state index < -0.39 is 22.0 Å². The number of fused-ring (bicyclic) bond motifs is 1. The molecule has 0 bridgehead atoms. The number of hydrogen-bond acceptors (Lipinski definition) is 4. The predicted molar refractivity (Wildman–Crippen MR) is 97.9 cm³/mol. The number of ether oxygens (including phenoxy) is 1. The third kappa shape index (κ3) is 3.57. The molecule has 0 saturated carbocycles. The summed E-state index contributed by atoms with van der Waals surface area (Å²) in [4.78, 5) is 12.6. The quantitative estimate of drug-likeness (QED) is 0.888. The number of amides is 1. The molecule has 0 fully saturated rings. The predicted octanol–water partition coefficient (Wildman–Crippen LogP) is 2.81. The number of hydrogen-bond donors (Lipinski definition) is 1. The number of nitrogens with one attached hydrogen (secondary N) is 1. The molecule has 25 heavy (non-hydrogen) atoms. The van der Waals surface area contributed by atoms with Crippen LogP contribution in [-0.4, -0.2) is 33.2 Å². The van der Waals surface area contributed by atoms with Crippen molar-refractivity contribution in [3.8, 4) is 5.75 Å². The highest BCUT2D eigenvalue weighted by Crippen LogP contribution is 2.35. The van der Waals surface area contributed by atoms with Gasteiger partial charge in [0, 0.05) is 10.7 Å². The number of sulfonamides is 1. The van der Waals surface area contributed by atoms with Gasteiger partial charge in [-0.1, -0.05) is 29.8 Å². The lowest BCUT2D eigenvalue weighted by atomic mass is 10.1. The molecule has 8 heteroatoms. The number of benzene rings is 2. The van der Waals surface area contributed by atoms with Crippen LogP contribution in [0.25, 0.3) is 0 Å². The Hall–Kier alpha value is -2.25. The Bertz CT molecular complexity index is 930. The molecule has 132 valence electrons. The van der Waals surface area contributed by atoms with Crippen LogP contribution in [0.5, 0.6) is 5.75 Å². The van der Waals surface area contributed by atoms with Crippen molar-refractivity contribution in [3.63, 3.8) is 0 Å². The lowest BCUT2D eigenvalue weighted by Crippen LogP contribution is -2.48. The van der Waals surface area contributed by atoms with Crippen LogP contribution < -0.4 is 14.4 Å². The number of halogens is 1. The van der Waals surface area contributed by atoms with Gasteiger partial charge in [-0.2, -0.15) is 0 Å². The van der Waals surface area contributed by atoms with E-state index in [4.69, 9.17) is 16.3 Å². The van der Waals surface area contributed by atoms with E-state index in [9.17, 15) is 13.2 Å². The monoisotopic (exact) mass is 380 g/mol. The maximum atomic E-state index is 12.6. The molecule has 1 N–H and O–H groups in total. The second-order valence-electron chi connectivity index (χ2n) is 5.77. The summed E-state index contributed by atoms with van der Waals surface area (Å²) in [6, 6.07) is 11.9. The lowest BCUT2D eigenvalue weighted by molar-refractivity contribution is -0.122. The minimum Gasteiger partial charge on any atom is -0.476 e. The maximum Gasteiger partial charge on any atom is 0.267 e. The average molecular weight is 381 g/mol. The van der Waals surface area contributed by atoms with Crippen LogP contribution in [0.15, 0.2) is 42.5 Å². The van der Waals surface area contributed by atoms with Crippen LogP contribution in [-0.2, 0) is 14.8 Å². The average Bonchev–Trinajstić information content (AvgIpc) is 2.57. The van der Waals surface area contributed by atoms with Crippen molar-refractivity contribution < 1.29 is 17.9 Å². The van der Waals surface area contributed by atoms with Gasteiger partial charge < -0.3 is 10.1 Å². The van der Waals surface area contributed by atoms with Crippen LogP contribution in [0.3, 0.4) is 0 Å². The lowest BCUT2D eigenvalue weighted by Gasteiger charge is -2.33. The summed E-state index contributed by atoms with van der Waals surface area (Å²) in [7, 11) is -3.54. The first-order valence-electron chi connectivity index (χ1n) is 7.57. The minimum atomic E-state index is -3.54. The minimum absolute atomic E-state index is 0.0959. The van der Waals surface area contributed by atoms with Crippen molar-refractivity contribution in [1.82, 2.24) is 0 Å². The van der Waals surface area contributed by atoms with Crippen molar-refractivity contribution in [2.75, 3.05) is 22.4 Å². The summed E-state index contributed by atoms with van der Waals surface area (Å²) in [5, 5.41) is 3.29. The molecule has 1 unspecified atom stereocenters. The molecule has 0 aromatic heterocycles. The van der Waals surface area contributed by atoms with Crippen LogP contribution in [0, 0.1) is 6.92 Å². The second kappa shape index (κ2) is 6.57. The molecule has 1 aliphatic rings. The Morgan fingerprint density at radius 2 is 1.96 bits per heavy atom. The molecule has 0 saturated heterocycles. The molecule has 0 aliphatic carbocycles. The number of anilines is 2. The summed E-state index contributed by atoms with van der Waals surface area (Å²) >= 11 is 6.06. The summed E-state index contributed by atoms with van der Waals surface area (Å²) in [6.07, 6.45) is 0.133. The van der Waals surface area contributed by atoms with Gasteiger partial charge in [-0.15, -0.1) is 0 Å². The third-order valence-corrected chi connectivity index (χ3v) is 5.51. The Morgan fingerprint density at radius 3 is 2.68 bits per heavy atom. The number of rotatable bonds is 3. The zero-order valence-corrected chi connectivity index (χ0v) is 15.3. The van der Waals surface area contributed by atoms with E-state index in [1.165, 1.54) is 4.31 Å². The van der Waals surface area contributed by atoms with E-state index in [0.717, 1.165) is 11.8 Å². The smallest absolute Gasteiger partial charge is 0.267 e. The van der Waals surface area contributed by atoms with E-state index in [1.807, 2.05) is 0 Å². The van der Waals surface area contributed by atoms with Crippen molar-refractivity contribution in [1.29, 1.82) is 0 Å². The van der Waals surface area contributed by atoms with Crippen LogP contribution in [0.2, 0.25) is 5.02 Å². The van der Waals surface area contributed by atoms with Crippen molar-refractivity contribution >= 4 is 38.9 Å². The molecule has 0 spiro atoms. The summed E-state index contributed by atoms with van der Waals surface area (Å²) < 4.78 is 31.1. The largest absolute Gasteiger partial charge is 0.476 e. The Kier molecular flexibility index (Phi) is 4.62. The molecule has 1 heterocycles. The molecule has 3 rings (SSSR count). The van der Waals surface area contributed by atoms with Gasteiger partial charge >= 0.3 is 0 Å². The van der Waals surface area contributed by atoms with E-state index >= 15 is 0 Å². The van der Waals surface area contributed by atoms with Crippen LogP contribution in [0.1, 0.15) is 5.56 Å². The topological polar surface area (TPSA) is 75.7 Å². The standard InChI is InChI=1S/C17H17ClN2O4S/c1-11-12(18)6-5-7-13(11)19-17(21)16-10-20(25(2,22)23)14-8-3-4-9-15(14)24-16/h3-9,16H,10H2,1-2H3,(H,19,21). The molecule has 1 atom stereocenters. The fourth-order valence-electron chi connectivity index (χ4n) is 2.61. The van der Waals surface area contributed by atoms with E-state index in [0.29, 0.717) is 22.1 Å². The van der Waals surface area contributed by atoms with Gasteiger partial charge in [0.2, 0.25) is 10.0 Å². The first-order valence-corrected chi connectivity index (χ1v) is 9.79. The molecular formula is C17H17ClN2O4S. The molecule has 2 aromatic carbocycles. The van der Waals surface area contributed by atoms with E-state index in [1.54, 1.807) is 49.4 Å². The summed E-state index contributed by atoms with van der Waals surface area (Å²) in [5.74, 6) is -0.0874. The van der Waals surface area contributed by atoms with Gasteiger partial charge in [-0.05, 0) is 36.8 Å². The first kappa shape index (κ1) is 17.6. The van der Waals surface area contributed by atoms with Crippen LogP contribution in [0.4, 0.5) is 11.4 Å². The Morgan fingerprint density at radius 1 is 1.24 bits per heavy atom. The van der Waals surface area contributed by atoms with Crippen molar-refractivity contribution in [3.05, 3.63) is 53.1 Å². The molecule has 2 aromatic rings. The van der Waals surface area contributed by atoms with Crippen molar-refractivity contribution in [2.24, 2.45) is 0 Å². The van der Waals surface area contributed by atoms with Gasteiger partial charge in [-0.3, -0.25) is 9.10 Å². The zero-order chi connectivity index (χ0) is 18.2. The molecule has 0 radical (unpaired) electrons. The fraction of sp³-hybridized carbons (Fsp3) is 0.235. The van der Waals surface area contributed by atoms with Gasteiger partial charge in [0.05, 0.1) is 18.5 Å². The number of carbonyl (C=O) groups is 1. The van der Waals surface area contributed by atoms with E-state index in [-0.39, 0.29) is 6.54 Å². The normalized spacial score (nSPS) is 16.8. The highest BCUT2D eigenvalue weighted by atomic mass is 35.5. The molecule has 1 amide bonds. The number of carbonyl (C=O) groups excluding carboxylic acids is 1. The third-order valence-electron chi connectivity index (χ3n) is 3.95. The molecule has 1 aliphatic heterocycles. The molecular weight excluding hydrogens is 364 g/mol. The number of para-hydroxylation sites is 2. The Labute approximate surface area is 151 Å². The molecule has 6 nitrogen and oxygen atoms in total. The SMILES string of the molecule is Cc1c(Cl)cccc1NC(=O)C1CN(S(C)(=O)=O)c2ccccc2O1. The van der Waals surface area contributed by atoms with Gasteiger partial charge in [0.25, 0.3) is 5.91 Å². The second-order valence-corrected chi connectivity index (χ2v) is 8.08. The maximum absolute atomic E-state index is 12.6. The van der Waals surface area contributed by atoms with Gasteiger partial charge in [-0.25, -0.2) is 8.42 Å². The fourth-order valence-corrected chi connectivity index (χ4v) is 3.70. The van der Waals surface area contributed by atoms with Gasteiger partial charge in [0.1, 0.15) is 5.75 Å². The highest BCUT2D eigenvalue weighted by Gasteiger charge is 2.35. The van der Waals surface area contributed by atoms with Gasteiger partial charge in [0.15, 0.2) is 6.10 Å². The summed E-state index contributed by atoms with van der Waals surface area (Å²) in [6.45, 7) is 1.69. The highest BCUT2D eigenvalue weighted by molar-refractivity contribution is 7.92. The number of nitrogens with zero attached hydrogens (tertiary/aromatic N) is 1. The summed E-state index contributed by atoms with van der Waals surface area (Å²) in [5.41, 5.74) is 1.72. The Balaban J connectivity index is 1.88. The first-order chi connectivity index (χ1) is 11.8. The van der Waals surface area contributed by atoms with Crippen molar-refractivity contribution in [2.45, 2.75) is 13.0 Å². The zero-order valence-electron chi connectivity index (χ0n) is 13.7. The van der Waals surface area contributed by atoms with Crippen LogP contribution >= 0.6 is 11.6 Å².